The number of hydrogen-bond donors (Lipinski definition) is 1. The second-order valence-electron chi connectivity index (χ2n) is 7.53. The Hall–Kier alpha value is -0.820. The van der Waals surface area contributed by atoms with Crippen LogP contribution >= 0.6 is 0 Å². The molecule has 0 fully saturated rings. The van der Waals surface area contributed by atoms with Crippen LogP contribution in [0.15, 0.2) is 30.3 Å². The molecule has 0 aliphatic rings. The van der Waals surface area contributed by atoms with Crippen molar-refractivity contribution in [1.82, 2.24) is 0 Å². The highest BCUT2D eigenvalue weighted by molar-refractivity contribution is 5.19. The van der Waals surface area contributed by atoms with E-state index in [1.54, 1.807) is 0 Å². The summed E-state index contributed by atoms with van der Waals surface area (Å²) in [6, 6.07) is 10.7. The van der Waals surface area contributed by atoms with Crippen LogP contribution in [0.3, 0.4) is 0 Å². The van der Waals surface area contributed by atoms with Gasteiger partial charge in [0.25, 0.3) is 0 Å². The van der Waals surface area contributed by atoms with Gasteiger partial charge in [0.05, 0.1) is 0 Å². The maximum absolute atomic E-state index is 9.29. The first kappa shape index (κ1) is 22.2. The van der Waals surface area contributed by atoms with Crippen LogP contribution < -0.4 is 0 Å². The number of unbranched alkanes of at least 4 members (excludes halogenated alkanes) is 11. The molecule has 25 heavy (non-hydrogen) atoms. The lowest BCUT2D eigenvalue weighted by Crippen LogP contribution is -2.05. The van der Waals surface area contributed by atoms with Gasteiger partial charge in [-0.05, 0) is 30.7 Å². The number of rotatable bonds is 17. The monoisotopic (exact) mass is 345 g/mol. The van der Waals surface area contributed by atoms with Crippen molar-refractivity contribution in [3.8, 4) is 0 Å². The van der Waals surface area contributed by atoms with Gasteiger partial charge in [-0.15, -0.1) is 0 Å². The van der Waals surface area contributed by atoms with E-state index in [9.17, 15) is 5.11 Å². The van der Waals surface area contributed by atoms with Crippen LogP contribution in [0.25, 0.3) is 0 Å². The summed E-state index contributed by atoms with van der Waals surface area (Å²) in [5.74, 6) is 1.51. The smallest absolute Gasteiger partial charge is 0.0436 e. The molecule has 0 saturated carbocycles. The van der Waals surface area contributed by atoms with E-state index < -0.39 is 0 Å². The van der Waals surface area contributed by atoms with Crippen molar-refractivity contribution in [2.45, 2.75) is 103 Å². The summed E-state index contributed by atoms with van der Waals surface area (Å²) < 4.78 is 0. The molecule has 0 bridgehead atoms. The van der Waals surface area contributed by atoms with Gasteiger partial charge in [-0.25, -0.2) is 0 Å². The Morgan fingerprint density at radius 1 is 0.680 bits per heavy atom. The molecule has 1 nitrogen and oxygen atoms in total. The van der Waals surface area contributed by atoms with Gasteiger partial charge < -0.3 is 5.11 Å². The number of aliphatic hydroxyl groups is 1. The van der Waals surface area contributed by atoms with E-state index in [0.717, 1.165) is 12.8 Å². The van der Waals surface area contributed by atoms with Crippen LogP contribution in [0.2, 0.25) is 0 Å². The van der Waals surface area contributed by atoms with Crippen molar-refractivity contribution >= 4 is 0 Å². The SMILES string of the molecule is CCCCCCCCCCCCCC[C](CCO)Cc1ccccc1. The third-order valence-electron chi connectivity index (χ3n) is 5.15. The molecule has 143 valence electrons. The Morgan fingerprint density at radius 2 is 1.20 bits per heavy atom. The zero-order chi connectivity index (χ0) is 18.0. The standard InChI is InChI=1S/C24H41O/c1-2-3-4-5-6-7-8-9-10-11-12-14-19-24(20-21-25)22-23-17-15-13-16-18-23/h13,15-18,25H,2-12,14,19-22H2,1H3. The molecule has 1 N–H and O–H groups in total. The maximum atomic E-state index is 9.29. The summed E-state index contributed by atoms with van der Waals surface area (Å²) >= 11 is 0. The fraction of sp³-hybridized carbons (Fsp3) is 0.708. The third-order valence-corrected chi connectivity index (χ3v) is 5.15. The largest absolute Gasteiger partial charge is 0.396 e. The first-order valence-electron chi connectivity index (χ1n) is 10.8. The lowest BCUT2D eigenvalue weighted by molar-refractivity contribution is 0.287. The molecule has 1 aromatic rings. The summed E-state index contributed by atoms with van der Waals surface area (Å²) in [5.41, 5.74) is 1.38. The van der Waals surface area contributed by atoms with Crippen LogP contribution in [-0.2, 0) is 6.42 Å². The molecule has 0 aliphatic heterocycles. The minimum absolute atomic E-state index is 0.292. The van der Waals surface area contributed by atoms with Gasteiger partial charge >= 0.3 is 0 Å². The summed E-state index contributed by atoms with van der Waals surface area (Å²) in [6.07, 6.45) is 19.9. The second kappa shape index (κ2) is 16.6. The summed E-state index contributed by atoms with van der Waals surface area (Å²) in [6.45, 7) is 2.58. The van der Waals surface area contributed by atoms with Gasteiger partial charge in [-0.2, -0.15) is 0 Å². The molecular weight excluding hydrogens is 304 g/mol. The highest BCUT2D eigenvalue weighted by atomic mass is 16.3. The molecule has 0 atom stereocenters. The third kappa shape index (κ3) is 13.1. The normalized spacial score (nSPS) is 11.3. The Morgan fingerprint density at radius 3 is 1.72 bits per heavy atom. The number of benzene rings is 1. The minimum atomic E-state index is 0.292. The zero-order valence-corrected chi connectivity index (χ0v) is 16.6. The fourth-order valence-electron chi connectivity index (χ4n) is 3.56. The van der Waals surface area contributed by atoms with Gasteiger partial charge in [0.1, 0.15) is 0 Å². The molecule has 1 radical (unpaired) electrons. The average molecular weight is 346 g/mol. The van der Waals surface area contributed by atoms with E-state index in [2.05, 4.69) is 37.3 Å². The lowest BCUT2D eigenvalue weighted by atomic mass is 9.91. The predicted molar refractivity (Wildman–Crippen MR) is 111 cm³/mol. The molecule has 0 saturated heterocycles. The van der Waals surface area contributed by atoms with Gasteiger partial charge in [-0.1, -0.05) is 114 Å². The van der Waals surface area contributed by atoms with E-state index in [4.69, 9.17) is 0 Å². The molecule has 0 spiro atoms. The van der Waals surface area contributed by atoms with E-state index >= 15 is 0 Å². The van der Waals surface area contributed by atoms with Gasteiger partial charge in [-0.3, -0.25) is 0 Å². The number of hydrogen-bond acceptors (Lipinski definition) is 1. The molecule has 0 heterocycles. The Labute approximate surface area is 157 Å². The van der Waals surface area contributed by atoms with Crippen LogP contribution in [0.1, 0.15) is 102 Å². The quantitative estimate of drug-likeness (QED) is 0.294. The van der Waals surface area contributed by atoms with Gasteiger partial charge in [0.15, 0.2) is 0 Å². The molecule has 1 heteroatoms. The van der Waals surface area contributed by atoms with Crippen molar-refractivity contribution in [3.63, 3.8) is 0 Å². The average Bonchev–Trinajstić information content (AvgIpc) is 2.63. The topological polar surface area (TPSA) is 20.2 Å². The molecule has 0 aliphatic carbocycles. The predicted octanol–water partition coefficient (Wildman–Crippen LogP) is 7.28. The first-order chi connectivity index (χ1) is 12.4. The van der Waals surface area contributed by atoms with Gasteiger partial charge in [0, 0.05) is 6.61 Å². The van der Waals surface area contributed by atoms with Crippen LogP contribution in [0.4, 0.5) is 0 Å². The molecular formula is C24H41O. The van der Waals surface area contributed by atoms with Gasteiger partial charge in [0.2, 0.25) is 0 Å². The maximum Gasteiger partial charge on any atom is 0.0436 e. The molecule has 1 rings (SSSR count). The van der Waals surface area contributed by atoms with Crippen molar-refractivity contribution in [2.75, 3.05) is 6.61 Å². The highest BCUT2D eigenvalue weighted by Gasteiger charge is 2.09. The molecule has 0 amide bonds. The first-order valence-corrected chi connectivity index (χ1v) is 10.8. The summed E-state index contributed by atoms with van der Waals surface area (Å²) in [5, 5.41) is 9.29. The molecule has 0 aromatic heterocycles. The summed E-state index contributed by atoms with van der Waals surface area (Å²) in [7, 11) is 0. The number of aliphatic hydroxyl groups excluding tert-OH is 1. The lowest BCUT2D eigenvalue weighted by Gasteiger charge is -2.15. The second-order valence-corrected chi connectivity index (χ2v) is 7.53. The highest BCUT2D eigenvalue weighted by Crippen LogP contribution is 2.22. The Balaban J connectivity index is 1.96. The zero-order valence-electron chi connectivity index (χ0n) is 16.6. The van der Waals surface area contributed by atoms with Crippen molar-refractivity contribution in [3.05, 3.63) is 41.8 Å². The van der Waals surface area contributed by atoms with Crippen LogP contribution in [0, 0.1) is 5.92 Å². The molecule has 1 aromatic carbocycles. The van der Waals surface area contributed by atoms with Crippen LogP contribution in [-0.4, -0.2) is 11.7 Å². The van der Waals surface area contributed by atoms with Crippen molar-refractivity contribution < 1.29 is 5.11 Å². The Bertz CT molecular complexity index is 373. The van der Waals surface area contributed by atoms with Crippen molar-refractivity contribution in [2.24, 2.45) is 0 Å². The Kier molecular flexibility index (Phi) is 14.8. The van der Waals surface area contributed by atoms with Crippen LogP contribution in [0.5, 0.6) is 0 Å². The van der Waals surface area contributed by atoms with E-state index in [1.807, 2.05) is 0 Å². The van der Waals surface area contributed by atoms with Crippen molar-refractivity contribution in [1.29, 1.82) is 0 Å². The minimum Gasteiger partial charge on any atom is -0.396 e. The fourth-order valence-corrected chi connectivity index (χ4v) is 3.56. The van der Waals surface area contributed by atoms with E-state index in [0.29, 0.717) is 6.61 Å². The molecule has 0 unspecified atom stereocenters. The van der Waals surface area contributed by atoms with E-state index in [1.165, 1.54) is 95.0 Å². The van der Waals surface area contributed by atoms with E-state index in [-0.39, 0.29) is 0 Å². The summed E-state index contributed by atoms with van der Waals surface area (Å²) in [4.78, 5) is 0.